The van der Waals surface area contributed by atoms with Gasteiger partial charge in [-0.25, -0.2) is 58.6 Å². The number of benzene rings is 2. The number of sulfonamides is 1. The van der Waals surface area contributed by atoms with Gasteiger partial charge in [-0.2, -0.15) is 19.9 Å². The monoisotopic (exact) mass is 1100 g/mol. The fraction of sp³-hybridized carbons (Fsp3) is 0.478. The summed E-state index contributed by atoms with van der Waals surface area (Å²) in [7, 11) is -1.96. The summed E-state index contributed by atoms with van der Waals surface area (Å²) in [6, 6.07) is 14.2. The number of anilines is 2. The number of hydrogen-bond acceptors (Lipinski definition) is 17. The molecule has 4 fully saturated rings. The van der Waals surface area contributed by atoms with Gasteiger partial charge >= 0.3 is 0 Å². The molecule has 75 heavy (non-hydrogen) atoms. The van der Waals surface area contributed by atoms with Crippen LogP contribution in [0.25, 0.3) is 56.0 Å². The minimum Gasteiger partial charge on any atom is -0.378 e. The Balaban J connectivity index is 0.000000158. The molecule has 6 aromatic heterocycles. The third-order valence-electron chi connectivity index (χ3n) is 13.3. The second-order valence-corrected chi connectivity index (χ2v) is 23.3. The summed E-state index contributed by atoms with van der Waals surface area (Å²) in [5.41, 5.74) is 4.05. The molecule has 0 spiro atoms. The molecule has 0 amide bonds. The van der Waals surface area contributed by atoms with E-state index in [0.29, 0.717) is 141 Å². The number of rotatable bonds is 9. The molecule has 4 aliphatic rings. The largest absolute Gasteiger partial charge is 0.378 e. The van der Waals surface area contributed by atoms with Crippen LogP contribution < -0.4 is 15.1 Å². The second kappa shape index (κ2) is 21.8. The summed E-state index contributed by atoms with van der Waals surface area (Å²) in [4.78, 5) is 40.8. The van der Waals surface area contributed by atoms with E-state index in [2.05, 4.69) is 40.5 Å². The van der Waals surface area contributed by atoms with Crippen LogP contribution in [0, 0.1) is 0 Å². The maximum Gasteiger partial charge on any atom is 0.296 e. The number of nitrogens with zero attached hydrogens (tertiary/aromatic N) is 15. The van der Waals surface area contributed by atoms with Gasteiger partial charge in [-0.15, -0.1) is 0 Å². The van der Waals surface area contributed by atoms with Crippen molar-refractivity contribution in [2.75, 3.05) is 101 Å². The van der Waals surface area contributed by atoms with E-state index in [-0.39, 0.29) is 23.7 Å². The van der Waals surface area contributed by atoms with Crippen LogP contribution in [0.2, 0.25) is 0 Å². The fourth-order valence-electron chi connectivity index (χ4n) is 9.80. The van der Waals surface area contributed by atoms with Gasteiger partial charge in [0.25, 0.3) is 12.9 Å². The molecule has 29 heteroatoms. The standard InChI is InChI=1S/C23H26F2N8O3S.C22H24F2N8O.CH3ClO2S/c1-37(34,35)31-8-6-15(7-9-31)32-14-26-18-20(32)28-23(30-10-12-36-13-11-30)29-21(18)33-17-5-3-2-4-16(17)27-22(33)19(24)25;23-18(24)21-27-15-3-1-2-4-16(15)32(21)20-17-19(28-22(29-20)30-9-11-33-12-10-30)31(13-26-17)14-5-7-25-8-6-14;1-5(2,3)4/h2-5,14-15,19H,6-13H2,1H3;1-4,13-14,18,25H,5-12H2;1H3. The van der Waals surface area contributed by atoms with Gasteiger partial charge in [0.2, 0.25) is 31.0 Å². The molecule has 8 aromatic rings. The molecule has 0 bridgehead atoms. The number of alkyl halides is 4. The molecule has 0 aliphatic carbocycles. The Bertz CT molecular complexity index is 3550. The highest BCUT2D eigenvalue weighted by molar-refractivity contribution is 8.13. The molecule has 1 N–H and O–H groups in total. The number of nitrogens with one attached hydrogen (secondary N) is 1. The lowest BCUT2D eigenvalue weighted by Crippen LogP contribution is -2.38. The number of fused-ring (bicyclic) bond motifs is 4. The number of hydrogen-bond donors (Lipinski definition) is 1. The highest BCUT2D eigenvalue weighted by atomic mass is 35.7. The van der Waals surface area contributed by atoms with Gasteiger partial charge in [-0.05, 0) is 63.0 Å². The number of piperidine rings is 2. The zero-order valence-electron chi connectivity index (χ0n) is 40.8. The van der Waals surface area contributed by atoms with E-state index >= 15 is 0 Å². The molecular weight excluding hydrogens is 1050 g/mol. The molecule has 0 saturated carbocycles. The molecule has 400 valence electrons. The number of morpholine rings is 2. The molecule has 0 radical (unpaired) electrons. The van der Waals surface area contributed by atoms with E-state index in [1.807, 2.05) is 20.4 Å². The number of halogens is 5. The molecule has 10 heterocycles. The molecule has 2 aromatic carbocycles. The molecule has 4 aliphatic heterocycles. The van der Waals surface area contributed by atoms with E-state index in [4.69, 9.17) is 29.4 Å². The Morgan fingerprint density at radius 1 is 0.587 bits per heavy atom. The van der Waals surface area contributed by atoms with Gasteiger partial charge in [-0.1, -0.05) is 24.3 Å². The van der Waals surface area contributed by atoms with Crippen molar-refractivity contribution < 1.29 is 43.9 Å². The first-order valence-corrected chi connectivity index (χ1v) is 28.8. The van der Waals surface area contributed by atoms with Crippen molar-refractivity contribution in [3.63, 3.8) is 0 Å². The van der Waals surface area contributed by atoms with Gasteiger partial charge in [0.15, 0.2) is 45.6 Å². The number of aromatic nitrogens is 12. The lowest BCUT2D eigenvalue weighted by molar-refractivity contribution is 0.122. The van der Waals surface area contributed by atoms with Crippen LogP contribution in [0.15, 0.2) is 61.2 Å². The van der Waals surface area contributed by atoms with Crippen molar-refractivity contribution >= 4 is 86.0 Å². The van der Waals surface area contributed by atoms with Gasteiger partial charge in [0.05, 0.1) is 73.7 Å². The average molecular weight is 1100 g/mol. The minimum atomic E-state index is -3.27. The summed E-state index contributed by atoms with van der Waals surface area (Å²) < 4.78 is 119. The maximum atomic E-state index is 14.2. The van der Waals surface area contributed by atoms with Crippen LogP contribution >= 0.6 is 10.7 Å². The van der Waals surface area contributed by atoms with E-state index in [0.717, 1.165) is 32.2 Å². The fourth-order valence-corrected chi connectivity index (χ4v) is 10.7. The Hall–Kier alpha value is -6.17. The van der Waals surface area contributed by atoms with Crippen molar-refractivity contribution in [2.45, 2.75) is 50.6 Å². The van der Waals surface area contributed by atoms with Crippen LogP contribution in [-0.4, -0.2) is 171 Å². The van der Waals surface area contributed by atoms with Crippen LogP contribution in [-0.2, 0) is 28.5 Å². The Morgan fingerprint density at radius 2 is 0.987 bits per heavy atom. The lowest BCUT2D eigenvalue weighted by Gasteiger charge is -2.31. The lowest BCUT2D eigenvalue weighted by atomic mass is 10.1. The highest BCUT2D eigenvalue weighted by Crippen LogP contribution is 2.36. The number of ether oxygens (including phenoxy) is 2. The third-order valence-corrected chi connectivity index (χ3v) is 14.6. The van der Waals surface area contributed by atoms with Crippen molar-refractivity contribution in [3.05, 3.63) is 72.8 Å². The van der Waals surface area contributed by atoms with E-state index in [1.165, 1.54) is 19.7 Å². The molecule has 12 rings (SSSR count). The Kier molecular flexibility index (Phi) is 15.2. The van der Waals surface area contributed by atoms with Gasteiger partial charge in [-0.3, -0.25) is 9.13 Å². The van der Waals surface area contributed by atoms with Crippen LogP contribution in [0.1, 0.15) is 62.3 Å². The topological polar surface area (TPSA) is 231 Å². The van der Waals surface area contributed by atoms with Gasteiger partial charge < -0.3 is 33.7 Å². The molecule has 4 saturated heterocycles. The smallest absolute Gasteiger partial charge is 0.296 e. The SMILES string of the molecule is CS(=O)(=O)Cl.CS(=O)(=O)N1CCC(n2cnc3c(-n4c(C(F)F)nc5ccccc54)nc(N4CCOCC4)nc32)CC1.FC(F)c1nc2ccccc2n1-c1nc(N2CCOCC2)nc2c1ncn2C1CCNCC1. The molecule has 0 atom stereocenters. The van der Waals surface area contributed by atoms with E-state index in [1.54, 1.807) is 55.1 Å². The predicted octanol–water partition coefficient (Wildman–Crippen LogP) is 5.58. The molecule has 22 nitrogen and oxygen atoms in total. The third kappa shape index (κ3) is 11.2. The molecule has 0 unspecified atom stereocenters. The van der Waals surface area contributed by atoms with E-state index in [9.17, 15) is 34.4 Å². The summed E-state index contributed by atoms with van der Waals surface area (Å²) in [6.07, 6.45) is 3.03. The highest BCUT2D eigenvalue weighted by Gasteiger charge is 2.32. The van der Waals surface area contributed by atoms with Crippen molar-refractivity contribution in [1.29, 1.82) is 0 Å². The minimum absolute atomic E-state index is 0.0441. The summed E-state index contributed by atoms with van der Waals surface area (Å²) >= 11 is 0. The van der Waals surface area contributed by atoms with Crippen LogP contribution in [0.5, 0.6) is 0 Å². The number of imidazole rings is 4. The van der Waals surface area contributed by atoms with Crippen molar-refractivity contribution in [3.8, 4) is 11.6 Å². The Morgan fingerprint density at radius 3 is 1.39 bits per heavy atom. The van der Waals surface area contributed by atoms with Gasteiger partial charge in [0, 0.05) is 62.0 Å². The summed E-state index contributed by atoms with van der Waals surface area (Å²) in [5.74, 6) is 0.709. The zero-order valence-corrected chi connectivity index (χ0v) is 43.1. The van der Waals surface area contributed by atoms with Crippen LogP contribution in [0.3, 0.4) is 0 Å². The number of para-hydroxylation sites is 4. The van der Waals surface area contributed by atoms with E-state index < -0.39 is 37.7 Å². The maximum absolute atomic E-state index is 14.2. The first kappa shape index (κ1) is 52.3. The first-order valence-electron chi connectivity index (χ1n) is 24.2. The average Bonchev–Trinajstić information content (AvgIpc) is 4.22. The normalized spacial score (nSPS) is 17.8. The summed E-state index contributed by atoms with van der Waals surface area (Å²) in [6.45, 7) is 7.18. The van der Waals surface area contributed by atoms with Gasteiger partial charge in [0.1, 0.15) is 0 Å². The molecular formula is C46H53ClF4N16O6S2. The van der Waals surface area contributed by atoms with Crippen molar-refractivity contribution in [1.82, 2.24) is 67.8 Å². The Labute approximate surface area is 432 Å². The summed E-state index contributed by atoms with van der Waals surface area (Å²) in [5, 5.41) is 3.38. The first-order chi connectivity index (χ1) is 36.0. The second-order valence-electron chi connectivity index (χ2n) is 18.3. The predicted molar refractivity (Wildman–Crippen MR) is 272 cm³/mol. The zero-order chi connectivity index (χ0) is 52.6. The van der Waals surface area contributed by atoms with Crippen molar-refractivity contribution in [2.24, 2.45) is 0 Å². The quantitative estimate of drug-likeness (QED) is 0.137. The van der Waals surface area contributed by atoms with Crippen LogP contribution in [0.4, 0.5) is 29.5 Å².